The van der Waals surface area contributed by atoms with Crippen LogP contribution in [0, 0.1) is 0 Å². The number of para-hydroxylation sites is 1. The minimum absolute atomic E-state index is 0.469. The second-order valence-corrected chi connectivity index (χ2v) is 5.73. The van der Waals surface area contributed by atoms with Crippen molar-refractivity contribution in [2.75, 3.05) is 11.9 Å². The zero-order valence-corrected chi connectivity index (χ0v) is 13.0. The molecule has 1 aromatic heterocycles. The van der Waals surface area contributed by atoms with Gasteiger partial charge in [0.2, 0.25) is 5.13 Å². The van der Waals surface area contributed by atoms with Crippen LogP contribution in [0.3, 0.4) is 0 Å². The van der Waals surface area contributed by atoms with Crippen LogP contribution in [0.2, 0.25) is 0 Å². The highest BCUT2D eigenvalue weighted by atomic mass is 32.1. The van der Waals surface area contributed by atoms with Crippen molar-refractivity contribution in [2.24, 2.45) is 0 Å². The molecule has 108 valence electrons. The third-order valence-electron chi connectivity index (χ3n) is 3.21. The van der Waals surface area contributed by atoms with E-state index in [-0.39, 0.29) is 0 Å². The van der Waals surface area contributed by atoms with E-state index in [4.69, 9.17) is 4.74 Å². The molecular formula is C15H21N3OS. The smallest absolute Gasteiger partial charge is 0.205 e. The summed E-state index contributed by atoms with van der Waals surface area (Å²) in [6.07, 6.45) is 1.10. The molecule has 5 heteroatoms. The van der Waals surface area contributed by atoms with E-state index < -0.39 is 0 Å². The molecule has 1 aromatic carbocycles. The summed E-state index contributed by atoms with van der Waals surface area (Å²) in [7, 11) is 0. The molecule has 0 aliphatic rings. The van der Waals surface area contributed by atoms with Gasteiger partial charge in [0.15, 0.2) is 5.01 Å². The summed E-state index contributed by atoms with van der Waals surface area (Å²) in [6, 6.07) is 8.22. The van der Waals surface area contributed by atoms with E-state index in [9.17, 15) is 0 Å². The van der Waals surface area contributed by atoms with Crippen LogP contribution in [-0.4, -0.2) is 16.7 Å². The lowest BCUT2D eigenvalue weighted by Gasteiger charge is -2.14. The van der Waals surface area contributed by atoms with Crippen molar-refractivity contribution in [1.82, 2.24) is 10.2 Å². The topological polar surface area (TPSA) is 47.0 Å². The Balaban J connectivity index is 2.02. The normalized spacial score (nSPS) is 12.2. The second kappa shape index (κ2) is 7.24. The number of ether oxygens (including phenoxy) is 1. The van der Waals surface area contributed by atoms with E-state index >= 15 is 0 Å². The molecule has 0 aliphatic heterocycles. The summed E-state index contributed by atoms with van der Waals surface area (Å²) >= 11 is 1.54. The molecule has 0 amide bonds. The number of benzene rings is 1. The number of aromatic nitrogens is 2. The highest BCUT2D eigenvalue weighted by molar-refractivity contribution is 7.15. The molecule has 0 radical (unpaired) electrons. The summed E-state index contributed by atoms with van der Waals surface area (Å²) < 4.78 is 5.92. The molecule has 1 N–H and O–H groups in total. The molecule has 0 aliphatic carbocycles. The van der Waals surface area contributed by atoms with Gasteiger partial charge in [-0.1, -0.05) is 43.4 Å². The molecule has 0 fully saturated rings. The molecule has 0 bridgehead atoms. The highest BCUT2D eigenvalue weighted by Gasteiger charge is 2.10. The van der Waals surface area contributed by atoms with E-state index in [1.807, 2.05) is 19.1 Å². The summed E-state index contributed by atoms with van der Waals surface area (Å²) in [5.41, 5.74) is 1.26. The molecule has 2 aromatic rings. The van der Waals surface area contributed by atoms with Crippen molar-refractivity contribution in [2.45, 2.75) is 39.7 Å². The van der Waals surface area contributed by atoms with Gasteiger partial charge in [0, 0.05) is 6.54 Å². The van der Waals surface area contributed by atoms with Crippen molar-refractivity contribution in [3.8, 4) is 5.75 Å². The van der Waals surface area contributed by atoms with Gasteiger partial charge in [-0.15, -0.1) is 10.2 Å². The molecule has 4 nitrogen and oxygen atoms in total. The summed E-state index contributed by atoms with van der Waals surface area (Å²) in [5.74, 6) is 1.44. The van der Waals surface area contributed by atoms with Gasteiger partial charge in [-0.2, -0.15) is 0 Å². The number of nitrogens with zero attached hydrogens (tertiary/aromatic N) is 2. The molecule has 0 spiro atoms. The van der Waals surface area contributed by atoms with Crippen LogP contribution in [0.25, 0.3) is 0 Å². The Morgan fingerprint density at radius 3 is 2.80 bits per heavy atom. The molecule has 20 heavy (non-hydrogen) atoms. The van der Waals surface area contributed by atoms with Gasteiger partial charge in [-0.05, 0) is 30.9 Å². The molecule has 1 unspecified atom stereocenters. The average molecular weight is 291 g/mol. The first kappa shape index (κ1) is 14.8. The van der Waals surface area contributed by atoms with Crippen LogP contribution in [0.5, 0.6) is 5.75 Å². The Morgan fingerprint density at radius 2 is 2.05 bits per heavy atom. The van der Waals surface area contributed by atoms with Gasteiger partial charge in [0.1, 0.15) is 12.4 Å². The molecule has 0 saturated heterocycles. The van der Waals surface area contributed by atoms with Crippen LogP contribution in [0.4, 0.5) is 5.13 Å². The third-order valence-corrected chi connectivity index (χ3v) is 4.06. The number of rotatable bonds is 7. The maximum absolute atomic E-state index is 5.92. The number of anilines is 1. The number of nitrogens with one attached hydrogen (secondary N) is 1. The van der Waals surface area contributed by atoms with Crippen molar-refractivity contribution >= 4 is 16.5 Å². The van der Waals surface area contributed by atoms with Gasteiger partial charge in [-0.3, -0.25) is 0 Å². The number of hydrogen-bond acceptors (Lipinski definition) is 5. The first-order valence-corrected chi connectivity index (χ1v) is 7.84. The Hall–Kier alpha value is -1.62. The maximum atomic E-state index is 5.92. The zero-order chi connectivity index (χ0) is 14.4. The molecule has 2 rings (SSSR count). The van der Waals surface area contributed by atoms with E-state index in [1.165, 1.54) is 16.9 Å². The Labute approximate surface area is 124 Å². The van der Waals surface area contributed by atoms with Gasteiger partial charge in [-0.25, -0.2) is 0 Å². The van der Waals surface area contributed by atoms with Crippen LogP contribution < -0.4 is 10.1 Å². The van der Waals surface area contributed by atoms with E-state index in [2.05, 4.69) is 41.5 Å². The van der Waals surface area contributed by atoms with E-state index in [1.54, 1.807) is 0 Å². The first-order valence-electron chi connectivity index (χ1n) is 7.02. The summed E-state index contributed by atoms with van der Waals surface area (Å²) in [4.78, 5) is 0. The largest absolute Gasteiger partial charge is 0.486 e. The van der Waals surface area contributed by atoms with Crippen molar-refractivity contribution < 1.29 is 4.74 Å². The van der Waals surface area contributed by atoms with Gasteiger partial charge >= 0.3 is 0 Å². The van der Waals surface area contributed by atoms with E-state index in [0.29, 0.717) is 12.5 Å². The lowest BCUT2D eigenvalue weighted by molar-refractivity contribution is 0.299. The Morgan fingerprint density at radius 1 is 1.25 bits per heavy atom. The SMILES string of the molecule is CCNc1nnc(COc2ccccc2C(C)CC)s1. The fraction of sp³-hybridized carbons (Fsp3) is 0.467. The molecule has 1 atom stereocenters. The first-order chi connectivity index (χ1) is 9.74. The minimum atomic E-state index is 0.469. The quantitative estimate of drug-likeness (QED) is 0.835. The lowest BCUT2D eigenvalue weighted by Crippen LogP contribution is -2.00. The fourth-order valence-electron chi connectivity index (χ4n) is 1.91. The summed E-state index contributed by atoms with van der Waals surface area (Å²) in [6.45, 7) is 7.77. The van der Waals surface area contributed by atoms with Gasteiger partial charge < -0.3 is 10.1 Å². The van der Waals surface area contributed by atoms with Crippen molar-refractivity contribution in [3.05, 3.63) is 34.8 Å². The van der Waals surface area contributed by atoms with Gasteiger partial charge in [0.05, 0.1) is 0 Å². The molecule has 1 heterocycles. The summed E-state index contributed by atoms with van der Waals surface area (Å²) in [5, 5.41) is 13.1. The Bertz CT molecular complexity index is 541. The van der Waals surface area contributed by atoms with Crippen molar-refractivity contribution in [3.63, 3.8) is 0 Å². The third kappa shape index (κ3) is 3.70. The molecule has 0 saturated carbocycles. The average Bonchev–Trinajstić information content (AvgIpc) is 2.93. The van der Waals surface area contributed by atoms with Crippen LogP contribution in [-0.2, 0) is 6.61 Å². The van der Waals surface area contributed by atoms with Gasteiger partial charge in [0.25, 0.3) is 0 Å². The molecular weight excluding hydrogens is 270 g/mol. The maximum Gasteiger partial charge on any atom is 0.205 e. The van der Waals surface area contributed by atoms with Crippen molar-refractivity contribution in [1.29, 1.82) is 0 Å². The predicted octanol–water partition coefficient (Wildman–Crippen LogP) is 4.06. The zero-order valence-electron chi connectivity index (χ0n) is 12.2. The van der Waals surface area contributed by atoms with Crippen LogP contribution >= 0.6 is 11.3 Å². The highest BCUT2D eigenvalue weighted by Crippen LogP contribution is 2.29. The van der Waals surface area contributed by atoms with Crippen LogP contribution in [0.1, 0.15) is 43.7 Å². The standard InChI is InChI=1S/C15H21N3OS/c1-4-11(3)12-8-6-7-9-13(12)19-10-14-17-18-15(20-14)16-5-2/h6-9,11H,4-5,10H2,1-3H3,(H,16,18). The minimum Gasteiger partial charge on any atom is -0.486 e. The number of hydrogen-bond donors (Lipinski definition) is 1. The van der Waals surface area contributed by atoms with E-state index in [0.717, 1.165) is 28.9 Å². The lowest BCUT2D eigenvalue weighted by atomic mass is 9.98. The Kier molecular flexibility index (Phi) is 5.35. The predicted molar refractivity (Wildman–Crippen MR) is 83.6 cm³/mol. The second-order valence-electron chi connectivity index (χ2n) is 4.67. The monoisotopic (exact) mass is 291 g/mol. The fourth-order valence-corrected chi connectivity index (χ4v) is 2.63. The van der Waals surface area contributed by atoms with Crippen LogP contribution in [0.15, 0.2) is 24.3 Å².